The molecule has 0 N–H and O–H groups in total. The summed E-state index contributed by atoms with van der Waals surface area (Å²) in [5.41, 5.74) is 1.64. The number of hydrogen-bond donors (Lipinski definition) is 0. The maximum atomic E-state index is 13.3. The number of carbonyl (C=O) groups excluding carboxylic acids is 1. The van der Waals surface area contributed by atoms with Gasteiger partial charge in [-0.25, -0.2) is 13.2 Å². The number of hydrogen-bond acceptors (Lipinski definition) is 6. The van der Waals surface area contributed by atoms with Crippen LogP contribution < -0.4 is 4.90 Å². The number of ether oxygens (including phenoxy) is 1. The second kappa shape index (κ2) is 8.20. The molecule has 1 aromatic rings. The van der Waals surface area contributed by atoms with Crippen LogP contribution in [0.3, 0.4) is 0 Å². The van der Waals surface area contributed by atoms with E-state index in [4.69, 9.17) is 16.3 Å². The number of likely N-dealkylation sites (tertiary alicyclic amines) is 1. The van der Waals surface area contributed by atoms with Crippen molar-refractivity contribution in [3.63, 3.8) is 0 Å². The van der Waals surface area contributed by atoms with Crippen LogP contribution in [-0.4, -0.2) is 74.4 Å². The topological polar surface area (TPSA) is 70.2 Å². The van der Waals surface area contributed by atoms with Crippen molar-refractivity contribution in [3.8, 4) is 0 Å². The third kappa shape index (κ3) is 4.65. The predicted octanol–water partition coefficient (Wildman–Crippen LogP) is 3.53. The number of anilines is 1. The number of benzene rings is 1. The minimum absolute atomic E-state index is 0.117. The molecule has 4 rings (SSSR count). The summed E-state index contributed by atoms with van der Waals surface area (Å²) in [6.45, 7) is 9.59. The highest BCUT2D eigenvalue weighted by molar-refractivity contribution is 7.92. The Balaban J connectivity index is 1.47. The molecule has 31 heavy (non-hydrogen) atoms. The number of halogens is 1. The van der Waals surface area contributed by atoms with Gasteiger partial charge >= 0.3 is 6.09 Å². The lowest BCUT2D eigenvalue weighted by Crippen LogP contribution is -2.43. The van der Waals surface area contributed by atoms with Crippen LogP contribution >= 0.6 is 11.6 Å². The van der Waals surface area contributed by atoms with Crippen molar-refractivity contribution in [3.05, 3.63) is 35.0 Å². The summed E-state index contributed by atoms with van der Waals surface area (Å²) in [6.07, 6.45) is 3.24. The second-order valence-corrected chi connectivity index (χ2v) is 12.0. The lowest BCUT2D eigenvalue weighted by atomic mass is 10.2. The van der Waals surface area contributed by atoms with Gasteiger partial charge in [0.2, 0.25) is 0 Å². The molecule has 7 nitrogen and oxygen atoms in total. The van der Waals surface area contributed by atoms with E-state index in [9.17, 15) is 13.2 Å². The lowest BCUT2D eigenvalue weighted by molar-refractivity contribution is 0.0295. The van der Waals surface area contributed by atoms with Gasteiger partial charge in [0, 0.05) is 44.1 Å². The molecule has 1 aromatic carbocycles. The fraction of sp³-hybridized carbons (Fsp3) is 0.591. The van der Waals surface area contributed by atoms with Crippen molar-refractivity contribution in [2.45, 2.75) is 49.4 Å². The minimum Gasteiger partial charge on any atom is -0.444 e. The minimum atomic E-state index is -3.66. The van der Waals surface area contributed by atoms with Crippen LogP contribution in [0.4, 0.5) is 10.5 Å². The van der Waals surface area contributed by atoms with Gasteiger partial charge in [-0.3, -0.25) is 0 Å². The smallest absolute Gasteiger partial charge is 0.410 e. The molecule has 1 atom stereocenters. The summed E-state index contributed by atoms with van der Waals surface area (Å²) in [6, 6.07) is 5.20. The van der Waals surface area contributed by atoms with Crippen LogP contribution in [0.1, 0.15) is 33.6 Å². The zero-order valence-electron chi connectivity index (χ0n) is 18.3. The van der Waals surface area contributed by atoms with Crippen LogP contribution in [0.15, 0.2) is 34.9 Å². The molecule has 0 radical (unpaired) electrons. The lowest BCUT2D eigenvalue weighted by Gasteiger charge is -2.37. The molecule has 3 aliphatic rings. The van der Waals surface area contributed by atoms with Crippen LogP contribution in [0.2, 0.25) is 5.02 Å². The number of amides is 1. The molecule has 1 unspecified atom stereocenters. The van der Waals surface area contributed by atoms with Crippen LogP contribution in [0.5, 0.6) is 0 Å². The Morgan fingerprint density at radius 2 is 1.87 bits per heavy atom. The molecule has 0 aromatic heterocycles. The molecule has 0 aliphatic carbocycles. The van der Waals surface area contributed by atoms with Crippen molar-refractivity contribution in [1.29, 1.82) is 0 Å². The Morgan fingerprint density at radius 1 is 1.13 bits per heavy atom. The van der Waals surface area contributed by atoms with Crippen LogP contribution in [0, 0.1) is 0 Å². The number of fused-ring (bicyclic) bond motifs is 1. The predicted molar refractivity (Wildman–Crippen MR) is 121 cm³/mol. The first kappa shape index (κ1) is 22.3. The Hall–Kier alpha value is -1.93. The van der Waals surface area contributed by atoms with Crippen LogP contribution in [-0.2, 0) is 14.6 Å². The summed E-state index contributed by atoms with van der Waals surface area (Å²) in [7, 11) is -3.66. The van der Waals surface area contributed by atoms with E-state index in [-0.39, 0.29) is 16.5 Å². The normalized spacial score (nSPS) is 21.9. The van der Waals surface area contributed by atoms with Gasteiger partial charge < -0.3 is 19.4 Å². The van der Waals surface area contributed by atoms with Gasteiger partial charge in [-0.05, 0) is 51.8 Å². The molecule has 0 spiro atoms. The maximum absolute atomic E-state index is 13.3. The Labute approximate surface area is 189 Å². The van der Waals surface area contributed by atoms with Gasteiger partial charge in [-0.2, -0.15) is 0 Å². The van der Waals surface area contributed by atoms with E-state index in [1.54, 1.807) is 32.9 Å². The van der Waals surface area contributed by atoms with E-state index in [1.165, 1.54) is 10.6 Å². The monoisotopic (exact) mass is 467 g/mol. The quantitative estimate of drug-likeness (QED) is 0.677. The van der Waals surface area contributed by atoms with E-state index in [0.717, 1.165) is 38.3 Å². The maximum Gasteiger partial charge on any atom is 0.410 e. The molecule has 2 saturated heterocycles. The third-order valence-electron chi connectivity index (χ3n) is 6.00. The van der Waals surface area contributed by atoms with Gasteiger partial charge in [-0.1, -0.05) is 17.7 Å². The van der Waals surface area contributed by atoms with Crippen molar-refractivity contribution in [1.82, 2.24) is 9.80 Å². The molecule has 1 amide bonds. The summed E-state index contributed by atoms with van der Waals surface area (Å²) < 4.78 is 31.9. The Bertz CT molecular complexity index is 1000. The molecule has 0 saturated carbocycles. The van der Waals surface area contributed by atoms with Crippen molar-refractivity contribution < 1.29 is 17.9 Å². The zero-order chi connectivity index (χ0) is 22.4. The summed E-state index contributed by atoms with van der Waals surface area (Å²) in [4.78, 5) is 18.5. The van der Waals surface area contributed by atoms with Crippen molar-refractivity contribution >= 4 is 33.2 Å². The van der Waals surface area contributed by atoms with Gasteiger partial charge in [0.15, 0.2) is 9.84 Å². The molecule has 2 fully saturated rings. The van der Waals surface area contributed by atoms with Crippen molar-refractivity contribution in [2.24, 2.45) is 0 Å². The number of carbonyl (C=O) groups is 1. The van der Waals surface area contributed by atoms with Gasteiger partial charge in [0.25, 0.3) is 0 Å². The number of piperazine rings is 1. The summed E-state index contributed by atoms with van der Waals surface area (Å²) >= 11 is 6.47. The SMILES string of the molecule is CC(C)(C)OC(=O)N1CCC(S(=O)(=O)c2ccc(N3CCN4CCC=C4C3)cc2Cl)C1. The third-order valence-corrected chi connectivity index (χ3v) is 8.66. The van der Waals surface area contributed by atoms with E-state index in [0.29, 0.717) is 13.0 Å². The molecular weight excluding hydrogens is 438 g/mol. The van der Waals surface area contributed by atoms with E-state index in [1.807, 2.05) is 6.07 Å². The molecular formula is C22H30ClN3O4S. The summed E-state index contributed by atoms with van der Waals surface area (Å²) in [5, 5.41) is -0.452. The van der Waals surface area contributed by atoms with Gasteiger partial charge in [0.1, 0.15) is 5.60 Å². The van der Waals surface area contributed by atoms with Crippen molar-refractivity contribution in [2.75, 3.05) is 44.2 Å². The van der Waals surface area contributed by atoms with E-state index < -0.39 is 26.8 Å². The van der Waals surface area contributed by atoms with Crippen LogP contribution in [0.25, 0.3) is 0 Å². The first-order chi connectivity index (χ1) is 14.5. The molecule has 9 heteroatoms. The van der Waals surface area contributed by atoms with E-state index >= 15 is 0 Å². The standard InChI is InChI=1S/C22H30ClN3O4S/c1-22(2,3)30-21(27)26-10-8-18(15-26)31(28,29)20-7-6-16(13-19(20)23)25-12-11-24-9-4-5-17(24)14-25/h5-7,13,18H,4,8-12,14-15H2,1-3H3. The number of sulfone groups is 1. The molecule has 0 bridgehead atoms. The fourth-order valence-corrected chi connectivity index (χ4v) is 6.62. The Kier molecular flexibility index (Phi) is 5.89. The van der Waals surface area contributed by atoms with E-state index in [2.05, 4.69) is 15.9 Å². The van der Waals surface area contributed by atoms with Gasteiger partial charge in [-0.15, -0.1) is 0 Å². The largest absolute Gasteiger partial charge is 0.444 e. The molecule has 3 aliphatic heterocycles. The fourth-order valence-electron chi connectivity index (χ4n) is 4.39. The molecule has 170 valence electrons. The highest BCUT2D eigenvalue weighted by Crippen LogP contribution is 2.33. The average Bonchev–Trinajstić information content (AvgIpc) is 3.35. The second-order valence-electron chi connectivity index (χ2n) is 9.39. The Morgan fingerprint density at radius 3 is 2.58 bits per heavy atom. The first-order valence-corrected chi connectivity index (χ1v) is 12.7. The average molecular weight is 468 g/mol. The highest BCUT2D eigenvalue weighted by atomic mass is 35.5. The van der Waals surface area contributed by atoms with Gasteiger partial charge in [0.05, 0.1) is 21.7 Å². The zero-order valence-corrected chi connectivity index (χ0v) is 19.9. The highest BCUT2D eigenvalue weighted by Gasteiger charge is 2.38. The number of rotatable bonds is 3. The first-order valence-electron chi connectivity index (χ1n) is 10.7. The summed E-state index contributed by atoms with van der Waals surface area (Å²) in [5.74, 6) is 0. The number of nitrogens with zero attached hydrogens (tertiary/aromatic N) is 3. The molecule has 3 heterocycles.